The predicted octanol–water partition coefficient (Wildman–Crippen LogP) is 3.37. The molecule has 1 fully saturated rings. The number of carbonyl (C=O) groups is 1. The molecule has 98 valence electrons. The van der Waals surface area contributed by atoms with Crippen molar-refractivity contribution in [1.82, 2.24) is 0 Å². The number of carboxylic acids is 1. The Morgan fingerprint density at radius 3 is 2.67 bits per heavy atom. The first-order chi connectivity index (χ1) is 8.47. The van der Waals surface area contributed by atoms with E-state index in [9.17, 15) is 9.90 Å². The van der Waals surface area contributed by atoms with Gasteiger partial charge in [-0.15, -0.1) is 0 Å². The topological polar surface area (TPSA) is 75.3 Å². The molecule has 0 unspecified atom stereocenters. The third kappa shape index (κ3) is 2.25. The smallest absolute Gasteiger partial charge is 0.337 e. The lowest BCUT2D eigenvalue weighted by Crippen LogP contribution is -2.44. The zero-order valence-corrected chi connectivity index (χ0v) is 11.0. The van der Waals surface area contributed by atoms with Crippen molar-refractivity contribution in [2.45, 2.75) is 38.1 Å². The molecule has 0 saturated heterocycles. The predicted molar refractivity (Wildman–Crippen MR) is 73.3 cm³/mol. The molecule has 1 aliphatic carbocycles. The van der Waals surface area contributed by atoms with Crippen molar-refractivity contribution in [3.05, 3.63) is 22.7 Å². The van der Waals surface area contributed by atoms with Gasteiger partial charge in [-0.1, -0.05) is 18.5 Å². The van der Waals surface area contributed by atoms with E-state index in [2.05, 4.69) is 12.2 Å². The summed E-state index contributed by atoms with van der Waals surface area (Å²) in [6.07, 6.45) is 4.20. The average molecular weight is 269 g/mol. The van der Waals surface area contributed by atoms with Gasteiger partial charge in [-0.3, -0.25) is 0 Å². The molecule has 0 radical (unpaired) electrons. The van der Waals surface area contributed by atoms with Crippen LogP contribution in [0, 0.1) is 0 Å². The number of halogens is 1. The van der Waals surface area contributed by atoms with Crippen molar-refractivity contribution in [3.63, 3.8) is 0 Å². The van der Waals surface area contributed by atoms with Crippen molar-refractivity contribution >= 4 is 28.9 Å². The molecule has 2 rings (SSSR count). The normalized spacial score (nSPS) is 17.0. The number of nitrogens with two attached hydrogens (primary N) is 1. The minimum atomic E-state index is -1.02. The van der Waals surface area contributed by atoms with Gasteiger partial charge in [0.15, 0.2) is 0 Å². The highest BCUT2D eigenvalue weighted by Crippen LogP contribution is 2.41. The summed E-state index contributed by atoms with van der Waals surface area (Å²) in [7, 11) is 0. The zero-order valence-electron chi connectivity index (χ0n) is 10.3. The van der Waals surface area contributed by atoms with E-state index in [1.807, 2.05) is 0 Å². The molecule has 0 amide bonds. The number of carboxylic acid groups (broad SMARTS) is 1. The number of hydrogen-bond acceptors (Lipinski definition) is 3. The Morgan fingerprint density at radius 1 is 1.56 bits per heavy atom. The highest BCUT2D eigenvalue weighted by atomic mass is 35.5. The number of aromatic carboxylic acids is 1. The third-order valence-electron chi connectivity index (χ3n) is 3.72. The lowest BCUT2D eigenvalue weighted by Gasteiger charge is -2.43. The van der Waals surface area contributed by atoms with Crippen LogP contribution in [0.2, 0.25) is 5.02 Å². The van der Waals surface area contributed by atoms with Crippen LogP contribution >= 0.6 is 11.6 Å². The standard InChI is InChI=1S/C13H17ClN2O2/c1-2-13(4-3-5-13)16-11-9(12(17)18)6-8(15)7-10(11)14/h6-7,16H,2-5,15H2,1H3,(H,17,18). The van der Waals surface area contributed by atoms with Gasteiger partial charge in [0.1, 0.15) is 0 Å². The van der Waals surface area contributed by atoms with Crippen LogP contribution in [0.15, 0.2) is 12.1 Å². The summed E-state index contributed by atoms with van der Waals surface area (Å²) in [5.41, 5.74) is 6.61. The Labute approximate surface area is 111 Å². The monoisotopic (exact) mass is 268 g/mol. The third-order valence-corrected chi connectivity index (χ3v) is 4.02. The second-order valence-electron chi connectivity index (χ2n) is 4.84. The summed E-state index contributed by atoms with van der Waals surface area (Å²) in [6, 6.07) is 3.02. The maximum Gasteiger partial charge on any atom is 0.337 e. The largest absolute Gasteiger partial charge is 0.478 e. The molecule has 0 atom stereocenters. The zero-order chi connectivity index (χ0) is 13.3. The first kappa shape index (κ1) is 13.0. The van der Waals surface area contributed by atoms with Crippen LogP contribution in [0.1, 0.15) is 43.0 Å². The number of benzene rings is 1. The molecule has 1 aliphatic rings. The lowest BCUT2D eigenvalue weighted by atomic mass is 9.74. The van der Waals surface area contributed by atoms with Gasteiger partial charge in [0.25, 0.3) is 0 Å². The molecule has 0 heterocycles. The Morgan fingerprint density at radius 2 is 2.22 bits per heavy atom. The Kier molecular flexibility index (Phi) is 3.39. The van der Waals surface area contributed by atoms with Crippen LogP contribution in [-0.4, -0.2) is 16.6 Å². The Bertz CT molecular complexity index is 479. The van der Waals surface area contributed by atoms with Crippen LogP contribution in [0.25, 0.3) is 0 Å². The van der Waals surface area contributed by atoms with Crippen LogP contribution in [0.3, 0.4) is 0 Å². The van der Waals surface area contributed by atoms with E-state index in [4.69, 9.17) is 17.3 Å². The van der Waals surface area contributed by atoms with Crippen molar-refractivity contribution in [3.8, 4) is 0 Å². The van der Waals surface area contributed by atoms with Crippen LogP contribution in [-0.2, 0) is 0 Å². The maximum absolute atomic E-state index is 11.3. The van der Waals surface area contributed by atoms with Gasteiger partial charge in [0, 0.05) is 11.2 Å². The molecule has 1 aromatic rings. The van der Waals surface area contributed by atoms with Gasteiger partial charge in [-0.05, 0) is 37.8 Å². The van der Waals surface area contributed by atoms with Crippen LogP contribution in [0.4, 0.5) is 11.4 Å². The summed E-state index contributed by atoms with van der Waals surface area (Å²) in [5.74, 6) is -1.02. The van der Waals surface area contributed by atoms with Gasteiger partial charge in [-0.25, -0.2) is 4.79 Å². The number of anilines is 2. The van der Waals surface area contributed by atoms with Gasteiger partial charge in [-0.2, -0.15) is 0 Å². The Balaban J connectivity index is 2.40. The summed E-state index contributed by atoms with van der Waals surface area (Å²) >= 11 is 6.12. The molecule has 0 spiro atoms. The fourth-order valence-corrected chi connectivity index (χ4v) is 2.63. The average Bonchev–Trinajstić information content (AvgIpc) is 2.25. The van der Waals surface area contributed by atoms with E-state index >= 15 is 0 Å². The molecule has 4 N–H and O–H groups in total. The minimum Gasteiger partial charge on any atom is -0.478 e. The summed E-state index contributed by atoms with van der Waals surface area (Å²) in [5, 5.41) is 12.9. The summed E-state index contributed by atoms with van der Waals surface area (Å²) in [6.45, 7) is 2.10. The number of nitrogens with one attached hydrogen (secondary N) is 1. The molecule has 5 heteroatoms. The second-order valence-corrected chi connectivity index (χ2v) is 5.25. The molecular formula is C13H17ClN2O2. The van der Waals surface area contributed by atoms with E-state index in [-0.39, 0.29) is 11.1 Å². The maximum atomic E-state index is 11.3. The lowest BCUT2D eigenvalue weighted by molar-refractivity contribution is 0.0697. The van der Waals surface area contributed by atoms with E-state index in [0.29, 0.717) is 16.4 Å². The quantitative estimate of drug-likeness (QED) is 0.732. The minimum absolute atomic E-state index is 0.00997. The van der Waals surface area contributed by atoms with E-state index in [0.717, 1.165) is 25.7 Å². The molecular weight excluding hydrogens is 252 g/mol. The summed E-state index contributed by atoms with van der Waals surface area (Å²) in [4.78, 5) is 11.3. The number of rotatable bonds is 4. The Hall–Kier alpha value is -1.42. The molecule has 0 aliphatic heterocycles. The highest BCUT2D eigenvalue weighted by molar-refractivity contribution is 6.34. The first-order valence-electron chi connectivity index (χ1n) is 6.08. The molecule has 4 nitrogen and oxygen atoms in total. The SMILES string of the molecule is CCC1(Nc2c(Cl)cc(N)cc2C(=O)O)CCC1. The van der Waals surface area contributed by atoms with Gasteiger partial charge in [0.2, 0.25) is 0 Å². The van der Waals surface area contributed by atoms with Crippen molar-refractivity contribution < 1.29 is 9.90 Å². The van der Waals surface area contributed by atoms with Crippen molar-refractivity contribution in [1.29, 1.82) is 0 Å². The molecule has 0 bridgehead atoms. The van der Waals surface area contributed by atoms with E-state index in [1.54, 1.807) is 6.07 Å². The van der Waals surface area contributed by atoms with Crippen molar-refractivity contribution in [2.24, 2.45) is 0 Å². The van der Waals surface area contributed by atoms with Crippen molar-refractivity contribution in [2.75, 3.05) is 11.1 Å². The summed E-state index contributed by atoms with van der Waals surface area (Å²) < 4.78 is 0. The van der Waals surface area contributed by atoms with Crippen LogP contribution in [0.5, 0.6) is 0 Å². The molecule has 1 aromatic carbocycles. The van der Waals surface area contributed by atoms with Gasteiger partial charge in [0.05, 0.1) is 16.3 Å². The fourth-order valence-electron chi connectivity index (χ4n) is 2.36. The van der Waals surface area contributed by atoms with Gasteiger partial charge < -0.3 is 16.2 Å². The van der Waals surface area contributed by atoms with E-state index < -0.39 is 5.97 Å². The molecule has 18 heavy (non-hydrogen) atoms. The fraction of sp³-hybridized carbons (Fsp3) is 0.462. The molecule has 0 aromatic heterocycles. The number of nitrogen functional groups attached to an aromatic ring is 1. The first-order valence-corrected chi connectivity index (χ1v) is 6.46. The van der Waals surface area contributed by atoms with Crippen LogP contribution < -0.4 is 11.1 Å². The number of hydrogen-bond donors (Lipinski definition) is 3. The highest BCUT2D eigenvalue weighted by Gasteiger charge is 2.36. The van der Waals surface area contributed by atoms with Gasteiger partial charge >= 0.3 is 5.97 Å². The molecule has 1 saturated carbocycles. The van der Waals surface area contributed by atoms with E-state index in [1.165, 1.54) is 6.07 Å². The second kappa shape index (κ2) is 4.69.